The number of hydrogen-bond acceptors (Lipinski definition) is 5. The Balaban J connectivity index is 1.31. The number of para-hydroxylation sites is 1. The van der Waals surface area contributed by atoms with Gasteiger partial charge in [0.25, 0.3) is 10.0 Å². The number of carbonyl (C=O) groups excluding carboxylic acids is 1. The van der Waals surface area contributed by atoms with Gasteiger partial charge in [0.15, 0.2) is 0 Å². The normalized spacial score (nSPS) is 14.4. The molecule has 41 heavy (non-hydrogen) atoms. The molecule has 1 atom stereocenters. The number of ether oxygens (including phenoxy) is 1. The number of anilines is 1. The quantitative estimate of drug-likeness (QED) is 0.280. The molecule has 0 saturated carbocycles. The van der Waals surface area contributed by atoms with Crippen LogP contribution in [0.25, 0.3) is 11.1 Å². The van der Waals surface area contributed by atoms with Gasteiger partial charge in [0.2, 0.25) is 5.91 Å². The summed E-state index contributed by atoms with van der Waals surface area (Å²) in [6.45, 7) is 0.157. The smallest absolute Gasteiger partial charge is 0.335 e. The Kier molecular flexibility index (Phi) is 7.71. The standard InChI is InChI=1S/C30H24F2N2O6S/c31-22-9-14-25(26(32)18-22)19-7-12-24(13-8-19)41(38,39)34-27-4-2-1-3-21(27)17-28(34)29(35)33-15-16-40-23-10-5-20(6-11-23)30(36)37/h1-14,18,28H,15-17H2,(H,33,35)(H,36,37)/t28-/m0/s1. The molecule has 2 N–H and O–H groups in total. The highest BCUT2D eigenvalue weighted by atomic mass is 32.2. The first-order valence-corrected chi connectivity index (χ1v) is 14.0. The maximum absolute atomic E-state index is 14.2. The minimum Gasteiger partial charge on any atom is -0.492 e. The van der Waals surface area contributed by atoms with Gasteiger partial charge in [-0.1, -0.05) is 30.3 Å². The first kappa shape index (κ1) is 27.8. The van der Waals surface area contributed by atoms with Gasteiger partial charge in [-0.3, -0.25) is 9.10 Å². The summed E-state index contributed by atoms with van der Waals surface area (Å²) in [6.07, 6.45) is 0.164. The Bertz CT molecular complexity index is 1710. The van der Waals surface area contributed by atoms with Crippen molar-refractivity contribution >= 4 is 27.6 Å². The van der Waals surface area contributed by atoms with E-state index in [1.54, 1.807) is 24.3 Å². The number of hydrogen-bond donors (Lipinski definition) is 2. The molecule has 8 nitrogen and oxygen atoms in total. The van der Waals surface area contributed by atoms with Crippen LogP contribution >= 0.6 is 0 Å². The van der Waals surface area contributed by atoms with Crippen LogP contribution in [0.1, 0.15) is 15.9 Å². The van der Waals surface area contributed by atoms with Gasteiger partial charge >= 0.3 is 5.97 Å². The van der Waals surface area contributed by atoms with Crippen molar-refractivity contribution in [3.8, 4) is 16.9 Å². The summed E-state index contributed by atoms with van der Waals surface area (Å²) in [6, 6.07) is 20.3. The molecule has 5 rings (SSSR count). The third-order valence-electron chi connectivity index (χ3n) is 6.65. The van der Waals surface area contributed by atoms with Crippen molar-refractivity contribution < 1.29 is 36.6 Å². The predicted molar refractivity (Wildman–Crippen MR) is 147 cm³/mol. The van der Waals surface area contributed by atoms with Crippen molar-refractivity contribution in [3.05, 3.63) is 114 Å². The van der Waals surface area contributed by atoms with Gasteiger partial charge in [0, 0.05) is 18.1 Å². The monoisotopic (exact) mass is 578 g/mol. The lowest BCUT2D eigenvalue weighted by Gasteiger charge is -2.26. The van der Waals surface area contributed by atoms with Gasteiger partial charge in [-0.25, -0.2) is 22.0 Å². The van der Waals surface area contributed by atoms with E-state index < -0.39 is 39.6 Å². The number of nitrogens with one attached hydrogen (secondary N) is 1. The average Bonchev–Trinajstić information content (AvgIpc) is 3.36. The number of benzene rings is 4. The SMILES string of the molecule is O=C(O)c1ccc(OCCNC(=O)[C@@H]2Cc3ccccc3N2S(=O)(=O)c2ccc(-c3ccc(F)cc3F)cc2)cc1. The van der Waals surface area contributed by atoms with Gasteiger partial charge in [-0.15, -0.1) is 0 Å². The van der Waals surface area contributed by atoms with E-state index >= 15 is 0 Å². The Morgan fingerprint density at radius 1 is 0.951 bits per heavy atom. The molecular weight excluding hydrogens is 554 g/mol. The van der Waals surface area contributed by atoms with Crippen LogP contribution in [0, 0.1) is 11.6 Å². The van der Waals surface area contributed by atoms with Crippen LogP contribution in [-0.4, -0.2) is 44.6 Å². The number of carboxylic acids is 1. The summed E-state index contributed by atoms with van der Waals surface area (Å²) in [5.41, 5.74) is 1.69. The first-order valence-electron chi connectivity index (χ1n) is 12.6. The molecule has 11 heteroatoms. The van der Waals surface area contributed by atoms with Crippen LogP contribution in [0.5, 0.6) is 5.75 Å². The second-order valence-electron chi connectivity index (χ2n) is 9.27. The van der Waals surface area contributed by atoms with Gasteiger partial charge < -0.3 is 15.2 Å². The number of nitrogens with zero attached hydrogens (tertiary/aromatic N) is 1. The molecule has 4 aromatic rings. The number of rotatable bonds is 9. The topological polar surface area (TPSA) is 113 Å². The first-order chi connectivity index (χ1) is 19.6. The molecule has 0 bridgehead atoms. The lowest BCUT2D eigenvalue weighted by atomic mass is 10.1. The van der Waals surface area contributed by atoms with E-state index in [9.17, 15) is 26.8 Å². The van der Waals surface area contributed by atoms with E-state index in [2.05, 4.69) is 5.32 Å². The average molecular weight is 579 g/mol. The molecule has 210 valence electrons. The molecule has 0 aromatic heterocycles. The number of carboxylic acid groups (broad SMARTS) is 1. The molecule has 1 amide bonds. The van der Waals surface area contributed by atoms with Crippen molar-refractivity contribution in [1.29, 1.82) is 0 Å². The maximum Gasteiger partial charge on any atom is 0.335 e. The lowest BCUT2D eigenvalue weighted by molar-refractivity contribution is -0.122. The largest absolute Gasteiger partial charge is 0.492 e. The molecule has 0 aliphatic carbocycles. The zero-order valence-electron chi connectivity index (χ0n) is 21.5. The van der Waals surface area contributed by atoms with Gasteiger partial charge in [0.1, 0.15) is 30.0 Å². The van der Waals surface area contributed by atoms with E-state index in [0.717, 1.165) is 16.4 Å². The minimum atomic E-state index is -4.21. The van der Waals surface area contributed by atoms with Crippen molar-refractivity contribution in [1.82, 2.24) is 5.32 Å². The second kappa shape index (κ2) is 11.4. The molecule has 1 aliphatic rings. The zero-order chi connectivity index (χ0) is 29.1. The Morgan fingerprint density at radius 3 is 2.34 bits per heavy atom. The predicted octanol–water partition coefficient (Wildman–Crippen LogP) is 4.65. The van der Waals surface area contributed by atoms with E-state index in [-0.39, 0.29) is 35.6 Å². The number of carbonyl (C=O) groups is 2. The lowest BCUT2D eigenvalue weighted by Crippen LogP contribution is -2.48. The zero-order valence-corrected chi connectivity index (χ0v) is 22.3. The number of amides is 1. The molecule has 0 unspecified atom stereocenters. The van der Waals surface area contributed by atoms with E-state index in [4.69, 9.17) is 9.84 Å². The number of fused-ring (bicyclic) bond motifs is 1. The van der Waals surface area contributed by atoms with E-state index in [0.29, 0.717) is 22.6 Å². The highest BCUT2D eigenvalue weighted by Crippen LogP contribution is 2.37. The molecule has 1 heterocycles. The van der Waals surface area contributed by atoms with Crippen LogP contribution in [0.3, 0.4) is 0 Å². The van der Waals surface area contributed by atoms with Gasteiger partial charge in [0.05, 0.1) is 22.7 Å². The Hall–Kier alpha value is -4.77. The maximum atomic E-state index is 14.2. The highest BCUT2D eigenvalue weighted by molar-refractivity contribution is 7.93. The summed E-state index contributed by atoms with van der Waals surface area (Å²) >= 11 is 0. The van der Waals surface area contributed by atoms with Crippen molar-refractivity contribution in [2.75, 3.05) is 17.5 Å². The number of sulfonamides is 1. The van der Waals surface area contributed by atoms with Gasteiger partial charge in [-0.05, 0) is 65.7 Å². The van der Waals surface area contributed by atoms with Crippen molar-refractivity contribution in [3.63, 3.8) is 0 Å². The Morgan fingerprint density at radius 2 is 1.66 bits per heavy atom. The third-order valence-corrected chi connectivity index (χ3v) is 8.49. The fraction of sp³-hybridized carbons (Fsp3) is 0.133. The number of halogens is 2. The minimum absolute atomic E-state index is 0.0754. The van der Waals surface area contributed by atoms with Gasteiger partial charge in [-0.2, -0.15) is 0 Å². The van der Waals surface area contributed by atoms with Crippen molar-refractivity contribution in [2.24, 2.45) is 0 Å². The second-order valence-corrected chi connectivity index (χ2v) is 11.1. The van der Waals surface area contributed by atoms with Crippen molar-refractivity contribution in [2.45, 2.75) is 17.4 Å². The fourth-order valence-corrected chi connectivity index (χ4v) is 6.30. The van der Waals surface area contributed by atoms with E-state index in [1.807, 2.05) is 0 Å². The van der Waals surface area contributed by atoms with Crippen LogP contribution in [0.2, 0.25) is 0 Å². The summed E-state index contributed by atoms with van der Waals surface area (Å²) in [4.78, 5) is 24.1. The molecule has 0 radical (unpaired) electrons. The Labute approximate surface area is 234 Å². The summed E-state index contributed by atoms with van der Waals surface area (Å²) < 4.78 is 61.8. The van der Waals surface area contributed by atoms with E-state index in [1.165, 1.54) is 54.6 Å². The molecule has 4 aromatic carbocycles. The summed E-state index contributed by atoms with van der Waals surface area (Å²) in [5, 5.41) is 11.7. The molecule has 0 spiro atoms. The molecule has 0 fully saturated rings. The number of aromatic carboxylic acids is 1. The summed E-state index contributed by atoms with van der Waals surface area (Å²) in [7, 11) is -4.21. The third kappa shape index (κ3) is 5.75. The highest BCUT2D eigenvalue weighted by Gasteiger charge is 2.42. The van der Waals surface area contributed by atoms with Crippen LogP contribution in [0.15, 0.2) is 95.9 Å². The fourth-order valence-electron chi connectivity index (χ4n) is 4.65. The molecule has 1 aliphatic heterocycles. The van der Waals surface area contributed by atoms with Crippen LogP contribution in [-0.2, 0) is 21.2 Å². The summed E-state index contributed by atoms with van der Waals surface area (Å²) in [5.74, 6) is -2.64. The van der Waals surface area contributed by atoms with Crippen LogP contribution < -0.4 is 14.4 Å². The molecule has 0 saturated heterocycles. The van der Waals surface area contributed by atoms with Crippen LogP contribution in [0.4, 0.5) is 14.5 Å². The molecular formula is C30H24F2N2O6S.